The van der Waals surface area contributed by atoms with Gasteiger partial charge in [0.2, 0.25) is 5.91 Å². The Labute approximate surface area is 122 Å². The van der Waals surface area contributed by atoms with Crippen molar-refractivity contribution in [2.45, 2.75) is 25.9 Å². The van der Waals surface area contributed by atoms with E-state index in [2.05, 4.69) is 20.8 Å². The van der Waals surface area contributed by atoms with Gasteiger partial charge in [0.05, 0.1) is 5.54 Å². The lowest BCUT2D eigenvalue weighted by Crippen LogP contribution is -2.61. The van der Waals surface area contributed by atoms with Gasteiger partial charge in [-0.3, -0.25) is 9.69 Å². The summed E-state index contributed by atoms with van der Waals surface area (Å²) in [7, 11) is 1.86. The smallest absolute Gasteiger partial charge is 0.242 e. The molecule has 0 unspecified atom stereocenters. The second-order valence-corrected chi connectivity index (χ2v) is 6.41. The van der Waals surface area contributed by atoms with Crippen molar-refractivity contribution in [2.24, 2.45) is 0 Å². The van der Waals surface area contributed by atoms with E-state index in [1.165, 1.54) is 0 Å². The molecule has 1 heterocycles. The van der Waals surface area contributed by atoms with E-state index in [0.717, 1.165) is 35.4 Å². The lowest BCUT2D eigenvalue weighted by atomic mass is 9.97. The summed E-state index contributed by atoms with van der Waals surface area (Å²) in [6.45, 7) is 6.36. The van der Waals surface area contributed by atoms with Crippen molar-refractivity contribution in [3.63, 3.8) is 0 Å². The molecular weight excluding hydrogens is 306 g/mol. The number of amides is 1. The molecule has 104 valence electrons. The van der Waals surface area contributed by atoms with E-state index in [1.807, 2.05) is 39.1 Å². The fourth-order valence-corrected chi connectivity index (χ4v) is 2.95. The van der Waals surface area contributed by atoms with Gasteiger partial charge in [0.15, 0.2) is 0 Å². The molecule has 1 aliphatic heterocycles. The van der Waals surface area contributed by atoms with Crippen LogP contribution < -0.4 is 5.73 Å². The molecule has 4 nitrogen and oxygen atoms in total. The zero-order valence-corrected chi connectivity index (χ0v) is 13.2. The molecule has 2 N–H and O–H groups in total. The summed E-state index contributed by atoms with van der Waals surface area (Å²) < 4.78 is 0.995. The summed E-state index contributed by atoms with van der Waals surface area (Å²) in [6.07, 6.45) is 0. The zero-order valence-electron chi connectivity index (χ0n) is 11.6. The van der Waals surface area contributed by atoms with Crippen LogP contribution in [0.1, 0.15) is 19.4 Å². The van der Waals surface area contributed by atoms with Crippen LogP contribution in [0.3, 0.4) is 0 Å². The van der Waals surface area contributed by atoms with E-state index < -0.39 is 5.54 Å². The first-order chi connectivity index (χ1) is 8.82. The van der Waals surface area contributed by atoms with Crippen LogP contribution in [0.25, 0.3) is 0 Å². The molecule has 0 bridgehead atoms. The highest BCUT2D eigenvalue weighted by atomic mass is 79.9. The molecule has 0 radical (unpaired) electrons. The molecule has 0 atom stereocenters. The molecular formula is C14H20BrN3O. The Bertz CT molecular complexity index is 501. The number of nitrogens with two attached hydrogens (primary N) is 1. The number of benzene rings is 1. The molecule has 1 fully saturated rings. The van der Waals surface area contributed by atoms with E-state index in [0.29, 0.717) is 0 Å². The Morgan fingerprint density at radius 1 is 1.37 bits per heavy atom. The Morgan fingerprint density at radius 3 is 2.68 bits per heavy atom. The Kier molecular flexibility index (Phi) is 3.87. The summed E-state index contributed by atoms with van der Waals surface area (Å²) in [5.41, 5.74) is 7.18. The number of carbonyl (C=O) groups excluding carboxylic acids is 1. The van der Waals surface area contributed by atoms with Crippen molar-refractivity contribution in [3.05, 3.63) is 28.2 Å². The van der Waals surface area contributed by atoms with Gasteiger partial charge in [0.25, 0.3) is 0 Å². The fourth-order valence-electron chi connectivity index (χ4n) is 2.43. The number of likely N-dealkylation sites (N-methyl/N-ethyl adjacent to an activating group) is 1. The maximum Gasteiger partial charge on any atom is 0.242 e. The van der Waals surface area contributed by atoms with Gasteiger partial charge in [0.1, 0.15) is 0 Å². The number of halogens is 1. The van der Waals surface area contributed by atoms with Crippen molar-refractivity contribution >= 4 is 27.5 Å². The minimum absolute atomic E-state index is 0.172. The van der Waals surface area contributed by atoms with E-state index >= 15 is 0 Å². The average molecular weight is 326 g/mol. The largest absolute Gasteiger partial charge is 0.399 e. The van der Waals surface area contributed by atoms with Gasteiger partial charge in [0, 0.05) is 36.8 Å². The third-order valence-electron chi connectivity index (χ3n) is 3.80. The van der Waals surface area contributed by atoms with E-state index in [1.54, 1.807) is 4.90 Å². The number of carbonyl (C=O) groups is 1. The number of nitrogen functional groups attached to an aromatic ring is 1. The summed E-state index contributed by atoms with van der Waals surface area (Å²) in [6, 6.07) is 5.81. The van der Waals surface area contributed by atoms with Gasteiger partial charge in [-0.15, -0.1) is 0 Å². The molecule has 2 rings (SSSR count). The SMILES string of the molecule is CN1CCN(Cc2ccc(N)cc2Br)C(C)(C)C1=O. The van der Waals surface area contributed by atoms with Gasteiger partial charge in [-0.1, -0.05) is 22.0 Å². The lowest BCUT2D eigenvalue weighted by molar-refractivity contribution is -0.147. The maximum absolute atomic E-state index is 12.2. The highest BCUT2D eigenvalue weighted by molar-refractivity contribution is 9.10. The van der Waals surface area contributed by atoms with Gasteiger partial charge in [-0.25, -0.2) is 0 Å². The fraction of sp³-hybridized carbons (Fsp3) is 0.500. The monoisotopic (exact) mass is 325 g/mol. The second kappa shape index (κ2) is 5.13. The molecule has 1 aromatic carbocycles. The third kappa shape index (κ3) is 2.77. The van der Waals surface area contributed by atoms with Crippen LogP contribution in [0.4, 0.5) is 5.69 Å². The van der Waals surface area contributed by atoms with Crippen LogP contribution in [0, 0.1) is 0 Å². The molecule has 5 heteroatoms. The standard InChI is InChI=1S/C14H20BrN3O/c1-14(2)13(19)17(3)6-7-18(14)9-10-4-5-11(16)8-12(10)15/h4-5,8H,6-7,9,16H2,1-3H3. The van der Waals surface area contributed by atoms with Gasteiger partial charge in [-0.05, 0) is 31.5 Å². The third-order valence-corrected chi connectivity index (χ3v) is 4.54. The normalized spacial score (nSPS) is 19.8. The molecule has 19 heavy (non-hydrogen) atoms. The molecule has 1 saturated heterocycles. The van der Waals surface area contributed by atoms with Gasteiger partial charge < -0.3 is 10.6 Å². The number of piperazine rings is 1. The predicted molar refractivity (Wildman–Crippen MR) is 80.7 cm³/mol. The van der Waals surface area contributed by atoms with E-state index in [9.17, 15) is 4.79 Å². The van der Waals surface area contributed by atoms with Crippen molar-refractivity contribution in [1.82, 2.24) is 9.80 Å². The molecule has 1 aliphatic rings. The topological polar surface area (TPSA) is 49.6 Å². The Hall–Kier alpha value is -1.07. The molecule has 0 spiro atoms. The highest BCUT2D eigenvalue weighted by Crippen LogP contribution is 2.27. The van der Waals surface area contributed by atoms with Crippen LogP contribution in [0.2, 0.25) is 0 Å². The first-order valence-corrected chi connectivity index (χ1v) is 7.16. The van der Waals surface area contributed by atoms with Gasteiger partial charge >= 0.3 is 0 Å². The Balaban J connectivity index is 2.21. The van der Waals surface area contributed by atoms with Gasteiger partial charge in [-0.2, -0.15) is 0 Å². The van der Waals surface area contributed by atoms with E-state index in [-0.39, 0.29) is 5.91 Å². The zero-order chi connectivity index (χ0) is 14.2. The van der Waals surface area contributed by atoms with Crippen LogP contribution in [0.15, 0.2) is 22.7 Å². The number of rotatable bonds is 2. The number of hydrogen-bond donors (Lipinski definition) is 1. The highest BCUT2D eigenvalue weighted by Gasteiger charge is 2.40. The van der Waals surface area contributed by atoms with Crippen LogP contribution in [0.5, 0.6) is 0 Å². The summed E-state index contributed by atoms with van der Waals surface area (Å²) in [4.78, 5) is 16.3. The minimum Gasteiger partial charge on any atom is -0.399 e. The van der Waals surface area contributed by atoms with E-state index in [4.69, 9.17) is 5.73 Å². The quantitative estimate of drug-likeness (QED) is 0.847. The minimum atomic E-state index is -0.464. The number of hydrogen-bond acceptors (Lipinski definition) is 3. The Morgan fingerprint density at radius 2 is 2.05 bits per heavy atom. The van der Waals surface area contributed by atoms with Crippen LogP contribution >= 0.6 is 15.9 Å². The average Bonchev–Trinajstić information content (AvgIpc) is 2.33. The van der Waals surface area contributed by atoms with Crippen molar-refractivity contribution in [3.8, 4) is 0 Å². The molecule has 1 amide bonds. The van der Waals surface area contributed by atoms with Crippen molar-refractivity contribution in [1.29, 1.82) is 0 Å². The lowest BCUT2D eigenvalue weighted by Gasteiger charge is -2.44. The van der Waals surface area contributed by atoms with Crippen molar-refractivity contribution in [2.75, 3.05) is 25.9 Å². The van der Waals surface area contributed by atoms with Crippen LogP contribution in [-0.4, -0.2) is 41.4 Å². The second-order valence-electron chi connectivity index (χ2n) is 5.56. The predicted octanol–water partition coefficient (Wildman–Crippen LogP) is 2.08. The summed E-state index contributed by atoms with van der Waals surface area (Å²) in [5, 5.41) is 0. The maximum atomic E-state index is 12.2. The first kappa shape index (κ1) is 14.3. The molecule has 0 saturated carbocycles. The number of nitrogens with zero attached hydrogens (tertiary/aromatic N) is 2. The number of anilines is 1. The first-order valence-electron chi connectivity index (χ1n) is 6.37. The molecule has 1 aromatic rings. The molecule has 0 aliphatic carbocycles. The van der Waals surface area contributed by atoms with Crippen molar-refractivity contribution < 1.29 is 4.79 Å². The van der Waals surface area contributed by atoms with Crippen LogP contribution in [-0.2, 0) is 11.3 Å². The molecule has 0 aromatic heterocycles. The summed E-state index contributed by atoms with van der Waals surface area (Å²) in [5.74, 6) is 0.172. The summed E-state index contributed by atoms with van der Waals surface area (Å²) >= 11 is 3.54.